The number of likely N-dealkylation sites (tertiary alicyclic amines) is 2. The topological polar surface area (TPSA) is 35.2 Å². The number of H-pyrrole nitrogens is 1. The molecule has 0 unspecified atom stereocenters. The maximum absolute atomic E-state index is 16.2. The number of aromatic amines is 1. The standard InChI is InChI=1S/C31H43FN4/c1-20(2)28-29-27(34-31(28)25-8-13-33-22(5)18-25)7-6-26(30(29)32)24-11-14-35(15-12-24)19-23-9-16-36(17-10-23)21(3)4/h6-8,13,18,20-21,23-24,34H,9-12,14-17,19H2,1-5H3. The summed E-state index contributed by atoms with van der Waals surface area (Å²) in [7, 11) is 0. The van der Waals surface area contributed by atoms with Gasteiger partial charge in [-0.05, 0) is 120 Å². The minimum atomic E-state index is -0.0102. The Morgan fingerprint density at radius 1 is 1.00 bits per heavy atom. The molecule has 0 aliphatic carbocycles. The van der Waals surface area contributed by atoms with Crippen molar-refractivity contribution < 1.29 is 4.39 Å². The van der Waals surface area contributed by atoms with Gasteiger partial charge >= 0.3 is 0 Å². The van der Waals surface area contributed by atoms with Gasteiger partial charge in [-0.3, -0.25) is 4.98 Å². The monoisotopic (exact) mass is 490 g/mol. The molecule has 0 atom stereocenters. The summed E-state index contributed by atoms with van der Waals surface area (Å²) in [5.74, 6) is 1.32. The van der Waals surface area contributed by atoms with E-state index >= 15 is 4.39 Å². The molecule has 2 aromatic heterocycles. The van der Waals surface area contributed by atoms with Crippen molar-refractivity contribution in [3.05, 3.63) is 53.1 Å². The van der Waals surface area contributed by atoms with Crippen molar-refractivity contribution in [2.24, 2.45) is 5.92 Å². The number of hydrogen-bond acceptors (Lipinski definition) is 3. The molecule has 5 rings (SSSR count). The van der Waals surface area contributed by atoms with Crippen molar-refractivity contribution >= 4 is 10.9 Å². The third-order valence-corrected chi connectivity index (χ3v) is 8.66. The number of piperidine rings is 2. The summed E-state index contributed by atoms with van der Waals surface area (Å²) >= 11 is 0. The first-order chi connectivity index (χ1) is 17.3. The van der Waals surface area contributed by atoms with Gasteiger partial charge in [0.15, 0.2) is 0 Å². The fourth-order valence-corrected chi connectivity index (χ4v) is 6.55. The smallest absolute Gasteiger partial charge is 0.136 e. The van der Waals surface area contributed by atoms with Gasteiger partial charge in [-0.15, -0.1) is 0 Å². The molecule has 2 aliphatic heterocycles. The van der Waals surface area contributed by atoms with Gasteiger partial charge in [-0.2, -0.15) is 0 Å². The average molecular weight is 491 g/mol. The van der Waals surface area contributed by atoms with Crippen LogP contribution in [-0.2, 0) is 0 Å². The fraction of sp³-hybridized carbons (Fsp3) is 0.581. The fourth-order valence-electron chi connectivity index (χ4n) is 6.55. The van der Waals surface area contributed by atoms with Crippen LogP contribution < -0.4 is 0 Å². The van der Waals surface area contributed by atoms with Gasteiger partial charge < -0.3 is 14.8 Å². The second-order valence-corrected chi connectivity index (χ2v) is 11.8. The number of benzene rings is 1. The summed E-state index contributed by atoms with van der Waals surface area (Å²) in [5, 5.41) is 0.784. The molecular formula is C31H43FN4. The molecule has 36 heavy (non-hydrogen) atoms. The number of aromatic nitrogens is 2. The number of nitrogens with zero attached hydrogens (tertiary/aromatic N) is 3. The van der Waals surface area contributed by atoms with Crippen molar-refractivity contribution in [1.82, 2.24) is 19.8 Å². The number of pyridine rings is 1. The van der Waals surface area contributed by atoms with E-state index in [0.29, 0.717) is 12.0 Å². The van der Waals surface area contributed by atoms with Gasteiger partial charge in [0.2, 0.25) is 0 Å². The van der Waals surface area contributed by atoms with Gasteiger partial charge in [-0.25, -0.2) is 4.39 Å². The van der Waals surface area contributed by atoms with Crippen LogP contribution in [-0.4, -0.2) is 58.5 Å². The second-order valence-electron chi connectivity index (χ2n) is 11.8. The number of aryl methyl sites for hydroxylation is 1. The SMILES string of the molecule is Cc1cc(-c2[nH]c3ccc(C4CCN(CC5CCN(C(C)C)CC5)CC4)c(F)c3c2C(C)C)ccn1. The average Bonchev–Trinajstić information content (AvgIpc) is 3.26. The van der Waals surface area contributed by atoms with Crippen LogP contribution in [0.5, 0.6) is 0 Å². The van der Waals surface area contributed by atoms with E-state index in [1.807, 2.05) is 25.3 Å². The third-order valence-electron chi connectivity index (χ3n) is 8.66. The van der Waals surface area contributed by atoms with Gasteiger partial charge in [0.05, 0.1) is 5.69 Å². The summed E-state index contributed by atoms with van der Waals surface area (Å²) in [6, 6.07) is 8.91. The molecular weight excluding hydrogens is 447 g/mol. The molecule has 1 aromatic carbocycles. The highest BCUT2D eigenvalue weighted by Crippen LogP contribution is 2.40. The quantitative estimate of drug-likeness (QED) is 0.400. The molecule has 2 fully saturated rings. The van der Waals surface area contributed by atoms with Gasteiger partial charge in [0.25, 0.3) is 0 Å². The Morgan fingerprint density at radius 2 is 1.72 bits per heavy atom. The van der Waals surface area contributed by atoms with Crippen LogP contribution in [0.3, 0.4) is 0 Å². The lowest BCUT2D eigenvalue weighted by Gasteiger charge is -2.39. The number of fused-ring (bicyclic) bond motifs is 1. The highest BCUT2D eigenvalue weighted by Gasteiger charge is 2.29. The Balaban J connectivity index is 1.32. The number of halogens is 1. The van der Waals surface area contributed by atoms with Crippen molar-refractivity contribution in [3.8, 4) is 11.3 Å². The number of rotatable bonds is 6. The number of hydrogen-bond donors (Lipinski definition) is 1. The van der Waals surface area contributed by atoms with Gasteiger partial charge in [0, 0.05) is 40.9 Å². The molecule has 194 valence electrons. The van der Waals surface area contributed by atoms with Crippen LogP contribution in [0.2, 0.25) is 0 Å². The van der Waals surface area contributed by atoms with Crippen LogP contribution in [0.1, 0.15) is 82.0 Å². The molecule has 0 bridgehead atoms. The van der Waals surface area contributed by atoms with E-state index in [1.165, 1.54) is 32.5 Å². The number of nitrogens with one attached hydrogen (secondary N) is 1. The van der Waals surface area contributed by atoms with E-state index in [9.17, 15) is 0 Å². The van der Waals surface area contributed by atoms with E-state index < -0.39 is 0 Å². The third kappa shape index (κ3) is 5.10. The predicted molar refractivity (Wildman–Crippen MR) is 148 cm³/mol. The molecule has 0 saturated carbocycles. The predicted octanol–water partition coefficient (Wildman–Crippen LogP) is 7.10. The minimum Gasteiger partial charge on any atom is -0.354 e. The molecule has 2 aliphatic rings. The lowest BCUT2D eigenvalue weighted by molar-refractivity contribution is 0.110. The zero-order valence-electron chi connectivity index (χ0n) is 22.8. The first-order valence-corrected chi connectivity index (χ1v) is 14.0. The van der Waals surface area contributed by atoms with E-state index in [-0.39, 0.29) is 11.7 Å². The zero-order chi connectivity index (χ0) is 25.4. The molecule has 0 spiro atoms. The summed E-state index contributed by atoms with van der Waals surface area (Å²) in [5.41, 5.74) is 5.97. The summed E-state index contributed by atoms with van der Waals surface area (Å²) in [6.45, 7) is 16.8. The van der Waals surface area contributed by atoms with Crippen molar-refractivity contribution in [2.75, 3.05) is 32.7 Å². The van der Waals surface area contributed by atoms with Crippen LogP contribution in [0.25, 0.3) is 22.2 Å². The largest absolute Gasteiger partial charge is 0.354 e. The first kappa shape index (κ1) is 25.4. The summed E-state index contributed by atoms with van der Waals surface area (Å²) < 4.78 is 16.2. The Bertz CT molecular complexity index is 1180. The molecule has 5 heteroatoms. The maximum atomic E-state index is 16.2. The van der Waals surface area contributed by atoms with Gasteiger partial charge in [0.1, 0.15) is 5.82 Å². The van der Waals surface area contributed by atoms with Gasteiger partial charge in [-0.1, -0.05) is 19.9 Å². The van der Waals surface area contributed by atoms with E-state index in [1.54, 1.807) is 0 Å². The van der Waals surface area contributed by atoms with Crippen LogP contribution in [0, 0.1) is 18.7 Å². The van der Waals surface area contributed by atoms with Crippen molar-refractivity contribution in [3.63, 3.8) is 0 Å². The molecule has 1 N–H and O–H groups in total. The van der Waals surface area contributed by atoms with E-state index in [2.05, 4.69) is 59.6 Å². The molecule has 0 amide bonds. The minimum absolute atomic E-state index is 0.0102. The highest BCUT2D eigenvalue weighted by atomic mass is 19.1. The summed E-state index contributed by atoms with van der Waals surface area (Å²) in [4.78, 5) is 13.1. The van der Waals surface area contributed by atoms with Crippen LogP contribution in [0.4, 0.5) is 4.39 Å². The molecule has 2 saturated heterocycles. The second kappa shape index (κ2) is 10.6. The maximum Gasteiger partial charge on any atom is 0.136 e. The van der Waals surface area contributed by atoms with Crippen molar-refractivity contribution in [2.45, 2.75) is 78.2 Å². The van der Waals surface area contributed by atoms with E-state index in [0.717, 1.165) is 70.8 Å². The molecule has 3 aromatic rings. The van der Waals surface area contributed by atoms with E-state index in [4.69, 9.17) is 0 Å². The Morgan fingerprint density at radius 3 is 2.36 bits per heavy atom. The summed E-state index contributed by atoms with van der Waals surface area (Å²) in [6.07, 6.45) is 6.56. The first-order valence-electron chi connectivity index (χ1n) is 14.0. The molecule has 0 radical (unpaired) electrons. The Kier molecular flexibility index (Phi) is 7.50. The van der Waals surface area contributed by atoms with Crippen LogP contribution >= 0.6 is 0 Å². The van der Waals surface area contributed by atoms with Crippen molar-refractivity contribution in [1.29, 1.82) is 0 Å². The lowest BCUT2D eigenvalue weighted by Crippen LogP contribution is -2.43. The molecule has 4 nitrogen and oxygen atoms in total. The Labute approximate surface area is 216 Å². The highest BCUT2D eigenvalue weighted by molar-refractivity contribution is 5.92. The Hall–Kier alpha value is -2.24. The van der Waals surface area contributed by atoms with Crippen LogP contribution in [0.15, 0.2) is 30.5 Å². The zero-order valence-corrected chi connectivity index (χ0v) is 22.8. The lowest BCUT2D eigenvalue weighted by atomic mass is 9.86. The normalized spacial score (nSPS) is 19.2. The molecule has 4 heterocycles.